The van der Waals surface area contributed by atoms with Crippen molar-refractivity contribution < 1.29 is 8.83 Å². The van der Waals surface area contributed by atoms with Crippen molar-refractivity contribution in [1.29, 1.82) is 0 Å². The summed E-state index contributed by atoms with van der Waals surface area (Å²) in [5, 5.41) is 4.42. The Hall–Kier alpha value is -4.82. The van der Waals surface area contributed by atoms with Crippen LogP contribution in [0.15, 0.2) is 142 Å². The van der Waals surface area contributed by atoms with Gasteiger partial charge in [-0.1, -0.05) is 127 Å². The topological polar surface area (TPSA) is 26.3 Å². The maximum absolute atomic E-state index is 6.56. The Labute approximate surface area is 209 Å². The zero-order valence-electron chi connectivity index (χ0n) is 19.5. The van der Waals surface area contributed by atoms with Gasteiger partial charge in [0.2, 0.25) is 0 Å². The van der Waals surface area contributed by atoms with E-state index in [1.165, 1.54) is 0 Å². The molecule has 170 valence electrons. The minimum Gasteiger partial charge on any atom is -0.455 e. The van der Waals surface area contributed by atoms with E-state index in [-0.39, 0.29) is 0 Å². The second-order valence-corrected chi connectivity index (χ2v) is 8.92. The summed E-state index contributed by atoms with van der Waals surface area (Å²) in [7, 11) is 0. The molecule has 0 fully saturated rings. The van der Waals surface area contributed by atoms with Crippen LogP contribution in [0.4, 0.5) is 0 Å². The van der Waals surface area contributed by atoms with Gasteiger partial charge in [0.15, 0.2) is 0 Å². The molecule has 0 aliphatic heterocycles. The highest BCUT2D eigenvalue weighted by molar-refractivity contribution is 6.05. The molecular weight excluding hydrogens is 440 g/mol. The summed E-state index contributed by atoms with van der Waals surface area (Å²) in [6, 6.07) is 45.8. The van der Waals surface area contributed by atoms with E-state index in [1.54, 1.807) is 0 Å². The molecule has 0 spiro atoms. The summed E-state index contributed by atoms with van der Waals surface area (Å²) >= 11 is 0. The molecule has 36 heavy (non-hydrogen) atoms. The Bertz CT molecular complexity index is 1690. The maximum Gasteiger partial charge on any atom is 0.142 e. The molecule has 2 nitrogen and oxygen atoms in total. The smallest absolute Gasteiger partial charge is 0.142 e. The van der Waals surface area contributed by atoms with Crippen molar-refractivity contribution in [1.82, 2.24) is 0 Å². The minimum absolute atomic E-state index is 0.866. The van der Waals surface area contributed by atoms with Gasteiger partial charge in [-0.2, -0.15) is 0 Å². The Morgan fingerprint density at radius 2 is 0.583 bits per heavy atom. The summed E-state index contributed by atoms with van der Waals surface area (Å²) in [6.07, 6.45) is 0. The van der Waals surface area contributed by atoms with Crippen molar-refractivity contribution in [3.63, 3.8) is 0 Å². The van der Waals surface area contributed by atoms with E-state index >= 15 is 0 Å². The number of benzene rings is 5. The van der Waals surface area contributed by atoms with E-state index in [0.29, 0.717) is 0 Å². The molecule has 2 heteroatoms. The van der Waals surface area contributed by atoms with E-state index in [1.807, 2.05) is 36.4 Å². The van der Waals surface area contributed by atoms with Gasteiger partial charge in [-0.3, -0.25) is 0 Å². The number of hydrogen-bond donors (Lipinski definition) is 0. The lowest BCUT2D eigenvalue weighted by molar-refractivity contribution is 0.600. The lowest BCUT2D eigenvalue weighted by Crippen LogP contribution is -1.79. The standard InChI is InChI=1S/C34H22O2/c1-3-12-23(13-4-1)31-27-18-7-9-20-29(27)33(35-31)25-16-11-17-26(22-25)34-30-21-10-8-19-28(30)32(36-34)24-14-5-2-6-15-24/h1-22H. The molecule has 0 aliphatic carbocycles. The first kappa shape index (κ1) is 20.5. The molecule has 0 radical (unpaired) electrons. The van der Waals surface area contributed by atoms with Crippen molar-refractivity contribution in [2.24, 2.45) is 0 Å². The van der Waals surface area contributed by atoms with Gasteiger partial charge in [0, 0.05) is 43.8 Å². The lowest BCUT2D eigenvalue weighted by Gasteiger charge is -2.03. The zero-order valence-corrected chi connectivity index (χ0v) is 19.5. The second kappa shape index (κ2) is 8.44. The average molecular weight is 463 g/mol. The molecule has 7 aromatic rings. The number of hydrogen-bond acceptors (Lipinski definition) is 2. The summed E-state index contributed by atoms with van der Waals surface area (Å²) in [5.74, 6) is 3.51. The Kier molecular flexibility index (Phi) is 4.82. The maximum atomic E-state index is 6.56. The van der Waals surface area contributed by atoms with Crippen LogP contribution in [0, 0.1) is 0 Å². The molecule has 0 amide bonds. The van der Waals surface area contributed by atoms with E-state index in [4.69, 9.17) is 8.83 Å². The van der Waals surface area contributed by atoms with Crippen molar-refractivity contribution in [3.8, 4) is 45.3 Å². The minimum atomic E-state index is 0.866. The van der Waals surface area contributed by atoms with Crippen LogP contribution in [0.25, 0.3) is 66.8 Å². The molecule has 0 N–H and O–H groups in total. The van der Waals surface area contributed by atoms with E-state index < -0.39 is 0 Å². The molecule has 2 aromatic heterocycles. The van der Waals surface area contributed by atoms with Gasteiger partial charge in [-0.05, 0) is 6.07 Å². The predicted molar refractivity (Wildman–Crippen MR) is 148 cm³/mol. The highest BCUT2D eigenvalue weighted by Crippen LogP contribution is 2.42. The largest absolute Gasteiger partial charge is 0.455 e. The third kappa shape index (κ3) is 3.35. The van der Waals surface area contributed by atoms with Crippen molar-refractivity contribution >= 4 is 21.5 Å². The summed E-state index contributed by atoms with van der Waals surface area (Å²) in [4.78, 5) is 0. The van der Waals surface area contributed by atoms with E-state index in [2.05, 4.69) is 97.1 Å². The highest BCUT2D eigenvalue weighted by atomic mass is 16.3. The fourth-order valence-electron chi connectivity index (χ4n) is 5.02. The van der Waals surface area contributed by atoms with Crippen molar-refractivity contribution in [2.45, 2.75) is 0 Å². The second-order valence-electron chi connectivity index (χ2n) is 8.92. The molecular formula is C34H22O2. The monoisotopic (exact) mass is 462 g/mol. The van der Waals surface area contributed by atoms with E-state index in [9.17, 15) is 0 Å². The van der Waals surface area contributed by atoms with Gasteiger partial charge in [0.05, 0.1) is 0 Å². The van der Waals surface area contributed by atoms with Crippen molar-refractivity contribution in [3.05, 3.63) is 133 Å². The molecule has 5 aromatic carbocycles. The molecule has 0 saturated heterocycles. The van der Waals surface area contributed by atoms with Gasteiger partial charge >= 0.3 is 0 Å². The molecule has 0 bridgehead atoms. The fraction of sp³-hybridized carbons (Fsp3) is 0. The van der Waals surface area contributed by atoms with Gasteiger partial charge in [0.1, 0.15) is 23.0 Å². The first-order valence-electron chi connectivity index (χ1n) is 12.1. The first-order chi connectivity index (χ1) is 17.9. The Morgan fingerprint density at radius 1 is 0.278 bits per heavy atom. The van der Waals surface area contributed by atoms with Gasteiger partial charge in [-0.15, -0.1) is 0 Å². The summed E-state index contributed by atoms with van der Waals surface area (Å²) < 4.78 is 13.1. The molecule has 0 atom stereocenters. The molecule has 2 heterocycles. The van der Waals surface area contributed by atoms with Crippen LogP contribution < -0.4 is 0 Å². The predicted octanol–water partition coefficient (Wildman–Crippen LogP) is 9.85. The first-order valence-corrected chi connectivity index (χ1v) is 12.1. The highest BCUT2D eigenvalue weighted by Gasteiger charge is 2.19. The zero-order chi connectivity index (χ0) is 23.9. The van der Waals surface area contributed by atoms with Crippen LogP contribution in [-0.4, -0.2) is 0 Å². The van der Waals surface area contributed by atoms with Crippen LogP contribution in [0.5, 0.6) is 0 Å². The molecule has 0 unspecified atom stereocenters. The number of fused-ring (bicyclic) bond motifs is 2. The Morgan fingerprint density at radius 3 is 0.972 bits per heavy atom. The van der Waals surface area contributed by atoms with Crippen LogP contribution in [-0.2, 0) is 0 Å². The van der Waals surface area contributed by atoms with E-state index in [0.717, 1.165) is 66.8 Å². The van der Waals surface area contributed by atoms with Crippen LogP contribution >= 0.6 is 0 Å². The summed E-state index contributed by atoms with van der Waals surface area (Å²) in [5.41, 5.74) is 4.18. The SMILES string of the molecule is c1ccc(-c2oc(-c3cccc(-c4oc(-c5ccccc5)c5ccccc45)c3)c3ccccc23)cc1. The summed E-state index contributed by atoms with van der Waals surface area (Å²) in [6.45, 7) is 0. The number of rotatable bonds is 4. The van der Waals surface area contributed by atoms with Gasteiger partial charge < -0.3 is 8.83 Å². The fourth-order valence-corrected chi connectivity index (χ4v) is 5.02. The van der Waals surface area contributed by atoms with Gasteiger partial charge in [0.25, 0.3) is 0 Å². The molecule has 0 saturated carbocycles. The Balaban J connectivity index is 1.41. The van der Waals surface area contributed by atoms with Crippen molar-refractivity contribution in [2.75, 3.05) is 0 Å². The quantitative estimate of drug-likeness (QED) is 0.260. The van der Waals surface area contributed by atoms with Crippen LogP contribution in [0.1, 0.15) is 0 Å². The third-order valence-corrected chi connectivity index (χ3v) is 6.70. The van der Waals surface area contributed by atoms with Crippen LogP contribution in [0.2, 0.25) is 0 Å². The molecule has 7 rings (SSSR count). The lowest BCUT2D eigenvalue weighted by atomic mass is 10.0. The van der Waals surface area contributed by atoms with Crippen LogP contribution in [0.3, 0.4) is 0 Å². The normalized spacial score (nSPS) is 11.3. The van der Waals surface area contributed by atoms with Gasteiger partial charge in [-0.25, -0.2) is 0 Å². The third-order valence-electron chi connectivity index (χ3n) is 6.70. The number of furan rings is 2. The molecule has 0 aliphatic rings. The average Bonchev–Trinajstić information content (AvgIpc) is 3.54.